The van der Waals surface area contributed by atoms with Crippen LogP contribution >= 0.6 is 12.2 Å². The smallest absolute Gasteiger partial charge is 0.257 e. The second-order valence-electron chi connectivity index (χ2n) is 6.91. The van der Waals surface area contributed by atoms with E-state index in [0.29, 0.717) is 30.4 Å². The maximum atomic E-state index is 12.4. The number of amides is 1. The second kappa shape index (κ2) is 10.5. The van der Waals surface area contributed by atoms with Gasteiger partial charge in [-0.15, -0.1) is 0 Å². The highest BCUT2D eigenvalue weighted by molar-refractivity contribution is 7.80. The normalized spacial score (nSPS) is 10.3. The Hall–Kier alpha value is -2.86. The summed E-state index contributed by atoms with van der Waals surface area (Å²) in [6, 6.07) is 14.3. The summed E-state index contributed by atoms with van der Waals surface area (Å²) in [7, 11) is 0. The van der Waals surface area contributed by atoms with Crippen LogP contribution in [0.1, 0.15) is 31.1 Å². The number of rotatable bonds is 8. The fourth-order valence-electron chi connectivity index (χ4n) is 2.17. The van der Waals surface area contributed by atoms with E-state index in [-0.39, 0.29) is 11.0 Å². The number of nitrogens with one attached hydrogen (secondary N) is 2. The number of carbonyl (C=O) groups is 1. The molecule has 0 spiro atoms. The molecule has 5 nitrogen and oxygen atoms in total. The lowest BCUT2D eigenvalue weighted by Gasteiger charge is -2.12. The van der Waals surface area contributed by atoms with Gasteiger partial charge in [-0.05, 0) is 73.1 Å². The zero-order valence-corrected chi connectivity index (χ0v) is 17.3. The van der Waals surface area contributed by atoms with E-state index in [1.165, 1.54) is 0 Å². The van der Waals surface area contributed by atoms with Gasteiger partial charge in [-0.2, -0.15) is 0 Å². The number of carbonyl (C=O) groups excluding carboxylic acids is 1. The number of hydrogen-bond donors (Lipinski definition) is 2. The van der Waals surface area contributed by atoms with Crippen LogP contribution in [0.25, 0.3) is 0 Å². The Balaban J connectivity index is 1.89. The minimum Gasteiger partial charge on any atom is -0.493 e. The molecule has 6 heteroatoms. The molecule has 0 aliphatic heterocycles. The quantitative estimate of drug-likeness (QED) is 0.494. The first kappa shape index (κ1) is 21.4. The van der Waals surface area contributed by atoms with Gasteiger partial charge < -0.3 is 14.8 Å². The van der Waals surface area contributed by atoms with Gasteiger partial charge >= 0.3 is 0 Å². The largest absolute Gasteiger partial charge is 0.493 e. The molecule has 0 radical (unpaired) electrons. The van der Waals surface area contributed by atoms with Crippen LogP contribution in [0.3, 0.4) is 0 Å². The van der Waals surface area contributed by atoms with Gasteiger partial charge in [0.1, 0.15) is 18.1 Å². The molecular weight excluding hydrogens is 372 g/mol. The molecule has 2 aromatic carbocycles. The Kier molecular flexibility index (Phi) is 8.02. The zero-order chi connectivity index (χ0) is 20.5. The third-order valence-corrected chi connectivity index (χ3v) is 3.71. The van der Waals surface area contributed by atoms with Gasteiger partial charge in [0.15, 0.2) is 5.11 Å². The molecule has 0 aromatic heterocycles. The van der Waals surface area contributed by atoms with E-state index in [0.717, 1.165) is 17.0 Å². The Morgan fingerprint density at radius 3 is 2.46 bits per heavy atom. The van der Waals surface area contributed by atoms with E-state index in [1.54, 1.807) is 18.2 Å². The molecule has 0 bridgehead atoms. The van der Waals surface area contributed by atoms with Crippen molar-refractivity contribution < 1.29 is 14.3 Å². The van der Waals surface area contributed by atoms with E-state index in [9.17, 15) is 4.79 Å². The van der Waals surface area contributed by atoms with Crippen molar-refractivity contribution in [1.82, 2.24) is 5.32 Å². The van der Waals surface area contributed by atoms with Crippen molar-refractivity contribution in [3.05, 3.63) is 66.2 Å². The van der Waals surface area contributed by atoms with Gasteiger partial charge in [0.2, 0.25) is 0 Å². The fraction of sp³-hybridized carbons (Fsp3) is 0.273. The molecular formula is C22H26N2O3S. The van der Waals surface area contributed by atoms with Crippen LogP contribution in [0.2, 0.25) is 0 Å². The highest BCUT2D eigenvalue weighted by Crippen LogP contribution is 2.17. The van der Waals surface area contributed by atoms with Gasteiger partial charge in [0.25, 0.3) is 5.91 Å². The minimum absolute atomic E-state index is 0.217. The summed E-state index contributed by atoms with van der Waals surface area (Å²) in [5.41, 5.74) is 2.18. The van der Waals surface area contributed by atoms with Crippen LogP contribution in [0.4, 0.5) is 5.69 Å². The third kappa shape index (κ3) is 7.40. The van der Waals surface area contributed by atoms with Gasteiger partial charge in [0, 0.05) is 11.3 Å². The lowest BCUT2D eigenvalue weighted by molar-refractivity contribution is 0.0977. The number of benzene rings is 2. The molecule has 0 saturated carbocycles. The molecule has 1 amide bonds. The van der Waals surface area contributed by atoms with Crippen LogP contribution in [-0.4, -0.2) is 24.2 Å². The predicted octanol–water partition coefficient (Wildman–Crippen LogP) is 4.80. The van der Waals surface area contributed by atoms with Crippen LogP contribution in [-0.2, 0) is 0 Å². The van der Waals surface area contributed by atoms with Crippen molar-refractivity contribution in [2.24, 2.45) is 5.92 Å². The highest BCUT2D eigenvalue weighted by Gasteiger charge is 2.09. The summed E-state index contributed by atoms with van der Waals surface area (Å²) in [5, 5.41) is 5.88. The van der Waals surface area contributed by atoms with E-state index in [4.69, 9.17) is 21.7 Å². The predicted molar refractivity (Wildman–Crippen MR) is 117 cm³/mol. The molecule has 0 atom stereocenters. The molecule has 28 heavy (non-hydrogen) atoms. The molecule has 0 aliphatic rings. The van der Waals surface area contributed by atoms with Crippen molar-refractivity contribution in [2.45, 2.75) is 20.8 Å². The van der Waals surface area contributed by atoms with E-state index >= 15 is 0 Å². The molecule has 0 saturated heterocycles. The topological polar surface area (TPSA) is 59.6 Å². The summed E-state index contributed by atoms with van der Waals surface area (Å²) in [6.07, 6.45) is 0. The van der Waals surface area contributed by atoms with Crippen molar-refractivity contribution in [1.29, 1.82) is 0 Å². The number of anilines is 1. The molecule has 0 aliphatic carbocycles. The molecule has 0 fully saturated rings. The third-order valence-electron chi connectivity index (χ3n) is 3.50. The van der Waals surface area contributed by atoms with E-state index in [2.05, 4.69) is 31.1 Å². The lowest BCUT2D eigenvalue weighted by Crippen LogP contribution is -2.34. The van der Waals surface area contributed by atoms with Gasteiger partial charge in [-0.3, -0.25) is 10.1 Å². The first-order valence-electron chi connectivity index (χ1n) is 9.06. The Morgan fingerprint density at radius 1 is 1.11 bits per heavy atom. The lowest BCUT2D eigenvalue weighted by atomic mass is 10.2. The highest BCUT2D eigenvalue weighted by atomic mass is 32.1. The summed E-state index contributed by atoms with van der Waals surface area (Å²) < 4.78 is 11.2. The van der Waals surface area contributed by atoms with Crippen LogP contribution in [0, 0.1) is 5.92 Å². The monoisotopic (exact) mass is 398 g/mol. The first-order chi connectivity index (χ1) is 13.3. The number of thiocarbonyl (C=S) groups is 1. The summed E-state index contributed by atoms with van der Waals surface area (Å²) >= 11 is 5.23. The second-order valence-corrected chi connectivity index (χ2v) is 7.32. The molecule has 2 aromatic rings. The maximum absolute atomic E-state index is 12.4. The van der Waals surface area contributed by atoms with Gasteiger partial charge in [-0.1, -0.05) is 26.5 Å². The Morgan fingerprint density at radius 2 is 1.82 bits per heavy atom. The molecule has 0 unspecified atom stereocenters. The van der Waals surface area contributed by atoms with Crippen LogP contribution in [0.5, 0.6) is 11.5 Å². The number of hydrogen-bond acceptors (Lipinski definition) is 4. The average Bonchev–Trinajstić information content (AvgIpc) is 2.66. The molecule has 0 heterocycles. The summed E-state index contributed by atoms with van der Waals surface area (Å²) in [5.74, 6) is 1.51. The van der Waals surface area contributed by atoms with Crippen molar-refractivity contribution in [2.75, 3.05) is 18.5 Å². The van der Waals surface area contributed by atoms with Crippen molar-refractivity contribution in [3.8, 4) is 11.5 Å². The van der Waals surface area contributed by atoms with Gasteiger partial charge in [0.05, 0.1) is 6.61 Å². The molecule has 2 rings (SSSR count). The SMILES string of the molecule is C=C(C)COc1ccc(NC(=S)NC(=O)c2cccc(OCC(C)C)c2)cc1. The van der Waals surface area contributed by atoms with E-state index in [1.807, 2.05) is 37.3 Å². The summed E-state index contributed by atoms with van der Waals surface area (Å²) in [4.78, 5) is 12.4. The Labute approximate surface area is 171 Å². The van der Waals surface area contributed by atoms with Crippen molar-refractivity contribution in [3.63, 3.8) is 0 Å². The maximum Gasteiger partial charge on any atom is 0.257 e. The standard InChI is InChI=1S/C22H26N2O3S/c1-15(2)13-26-19-10-8-18(9-11-19)23-22(28)24-21(25)17-6-5-7-20(12-17)27-14-16(3)4/h5-12,16H,1,13-14H2,2-4H3,(H2,23,24,25,28). The zero-order valence-electron chi connectivity index (χ0n) is 16.5. The fourth-order valence-corrected chi connectivity index (χ4v) is 2.38. The number of ether oxygens (including phenoxy) is 2. The Bertz CT molecular complexity index is 832. The molecule has 2 N–H and O–H groups in total. The first-order valence-corrected chi connectivity index (χ1v) is 9.46. The van der Waals surface area contributed by atoms with E-state index < -0.39 is 0 Å². The van der Waals surface area contributed by atoms with Crippen LogP contribution in [0.15, 0.2) is 60.7 Å². The summed E-state index contributed by atoms with van der Waals surface area (Å²) in [6.45, 7) is 10.9. The van der Waals surface area contributed by atoms with Gasteiger partial charge in [-0.25, -0.2) is 0 Å². The molecule has 148 valence electrons. The minimum atomic E-state index is -0.297. The van der Waals surface area contributed by atoms with Crippen LogP contribution < -0.4 is 20.1 Å². The van der Waals surface area contributed by atoms with Crippen molar-refractivity contribution >= 4 is 28.9 Å². The average molecular weight is 399 g/mol.